The molecule has 0 aliphatic rings. The van der Waals surface area contributed by atoms with E-state index in [1.165, 1.54) is 0 Å². The van der Waals surface area contributed by atoms with E-state index in [0.29, 0.717) is 12.2 Å². The van der Waals surface area contributed by atoms with Crippen LogP contribution in [0.1, 0.15) is 35.2 Å². The van der Waals surface area contributed by atoms with Crippen LogP contribution in [-0.2, 0) is 6.61 Å². The van der Waals surface area contributed by atoms with Crippen LogP contribution in [0.25, 0.3) is 0 Å². The van der Waals surface area contributed by atoms with Crippen LogP contribution < -0.4 is 10.5 Å². The van der Waals surface area contributed by atoms with E-state index in [2.05, 4.69) is 22.0 Å². The summed E-state index contributed by atoms with van der Waals surface area (Å²) in [5.41, 5.74) is 9.73. The fourth-order valence-electron chi connectivity index (χ4n) is 2.09. The number of ether oxygens (including phenoxy) is 1. The molecular formula is C17H17BrN2O. The standard InChI is InChI=1S/C17H17BrN2O/c1-11-7-13(9-19)3-4-14(11)10-21-17-6-5-15(18)8-16(17)12(2)20/h3-8,12H,10,20H2,1-2H3/t12-/m0/s1. The number of nitrogens with two attached hydrogens (primary N) is 1. The summed E-state index contributed by atoms with van der Waals surface area (Å²) in [5.74, 6) is 0.789. The van der Waals surface area contributed by atoms with E-state index in [1.807, 2.05) is 44.2 Å². The molecule has 0 saturated heterocycles. The molecule has 0 unspecified atom stereocenters. The van der Waals surface area contributed by atoms with Crippen LogP contribution in [-0.4, -0.2) is 0 Å². The van der Waals surface area contributed by atoms with E-state index in [4.69, 9.17) is 15.7 Å². The highest BCUT2D eigenvalue weighted by Crippen LogP contribution is 2.28. The summed E-state index contributed by atoms with van der Waals surface area (Å²) in [7, 11) is 0. The lowest BCUT2D eigenvalue weighted by molar-refractivity contribution is 0.300. The predicted octanol–water partition coefficient (Wildman–Crippen LogP) is 4.23. The molecular weight excluding hydrogens is 328 g/mol. The van der Waals surface area contributed by atoms with E-state index < -0.39 is 0 Å². The molecule has 2 N–H and O–H groups in total. The van der Waals surface area contributed by atoms with Crippen LogP contribution >= 0.6 is 15.9 Å². The monoisotopic (exact) mass is 344 g/mol. The topological polar surface area (TPSA) is 59.0 Å². The second-order valence-electron chi connectivity index (χ2n) is 5.01. The van der Waals surface area contributed by atoms with Crippen molar-refractivity contribution in [3.05, 3.63) is 63.1 Å². The Labute approximate surface area is 133 Å². The smallest absolute Gasteiger partial charge is 0.124 e. The third-order valence-corrected chi connectivity index (χ3v) is 3.81. The van der Waals surface area contributed by atoms with Gasteiger partial charge >= 0.3 is 0 Å². The third kappa shape index (κ3) is 3.84. The van der Waals surface area contributed by atoms with Gasteiger partial charge in [-0.1, -0.05) is 22.0 Å². The Hall–Kier alpha value is -1.83. The molecule has 0 aliphatic carbocycles. The van der Waals surface area contributed by atoms with Crippen LogP contribution in [0.4, 0.5) is 0 Å². The lowest BCUT2D eigenvalue weighted by atomic mass is 10.1. The molecule has 21 heavy (non-hydrogen) atoms. The van der Waals surface area contributed by atoms with Crippen molar-refractivity contribution in [3.63, 3.8) is 0 Å². The molecule has 0 amide bonds. The normalized spacial score (nSPS) is 11.8. The van der Waals surface area contributed by atoms with Gasteiger partial charge in [-0.3, -0.25) is 0 Å². The summed E-state index contributed by atoms with van der Waals surface area (Å²) in [6, 6.07) is 13.5. The Bertz CT molecular complexity index is 690. The zero-order valence-corrected chi connectivity index (χ0v) is 13.6. The minimum Gasteiger partial charge on any atom is -0.489 e. The highest BCUT2D eigenvalue weighted by Gasteiger charge is 2.10. The Morgan fingerprint density at radius 3 is 2.67 bits per heavy atom. The first-order valence-corrected chi connectivity index (χ1v) is 7.48. The van der Waals surface area contributed by atoms with Crippen LogP contribution in [0.2, 0.25) is 0 Å². The number of benzene rings is 2. The maximum absolute atomic E-state index is 8.88. The van der Waals surface area contributed by atoms with Crippen molar-refractivity contribution in [2.24, 2.45) is 5.73 Å². The van der Waals surface area contributed by atoms with Crippen LogP contribution in [0, 0.1) is 18.3 Å². The number of aryl methyl sites for hydroxylation is 1. The molecule has 2 aromatic carbocycles. The second kappa shape index (κ2) is 6.75. The second-order valence-corrected chi connectivity index (χ2v) is 5.93. The van der Waals surface area contributed by atoms with Gasteiger partial charge in [-0.2, -0.15) is 5.26 Å². The molecule has 0 heterocycles. The van der Waals surface area contributed by atoms with Crippen molar-refractivity contribution in [3.8, 4) is 11.8 Å². The first-order valence-electron chi connectivity index (χ1n) is 6.68. The number of hydrogen-bond acceptors (Lipinski definition) is 3. The van der Waals surface area contributed by atoms with E-state index in [0.717, 1.165) is 26.9 Å². The first-order chi connectivity index (χ1) is 10.0. The van der Waals surface area contributed by atoms with Crippen molar-refractivity contribution < 1.29 is 4.74 Å². The molecule has 0 aliphatic heterocycles. The van der Waals surface area contributed by atoms with E-state index in [-0.39, 0.29) is 6.04 Å². The molecule has 0 spiro atoms. The minimum absolute atomic E-state index is 0.0976. The highest BCUT2D eigenvalue weighted by atomic mass is 79.9. The molecule has 1 atom stereocenters. The zero-order valence-electron chi connectivity index (χ0n) is 12.1. The van der Waals surface area contributed by atoms with Crippen molar-refractivity contribution >= 4 is 15.9 Å². The van der Waals surface area contributed by atoms with Gasteiger partial charge in [-0.25, -0.2) is 0 Å². The average Bonchev–Trinajstić information content (AvgIpc) is 2.46. The van der Waals surface area contributed by atoms with Gasteiger partial charge in [-0.15, -0.1) is 0 Å². The number of rotatable bonds is 4. The fraction of sp³-hybridized carbons (Fsp3) is 0.235. The number of nitrogens with zero attached hydrogens (tertiary/aromatic N) is 1. The Morgan fingerprint density at radius 2 is 2.05 bits per heavy atom. The number of halogens is 1. The lowest BCUT2D eigenvalue weighted by Crippen LogP contribution is -2.08. The van der Waals surface area contributed by atoms with Gasteiger partial charge < -0.3 is 10.5 Å². The Balaban J connectivity index is 2.19. The summed E-state index contributed by atoms with van der Waals surface area (Å²) < 4.78 is 6.89. The van der Waals surface area contributed by atoms with Gasteiger partial charge in [-0.05, 0) is 55.3 Å². The molecule has 2 aromatic rings. The van der Waals surface area contributed by atoms with E-state index >= 15 is 0 Å². The largest absolute Gasteiger partial charge is 0.489 e. The minimum atomic E-state index is -0.0976. The summed E-state index contributed by atoms with van der Waals surface area (Å²) in [4.78, 5) is 0. The summed E-state index contributed by atoms with van der Waals surface area (Å²) >= 11 is 3.45. The molecule has 3 nitrogen and oxygen atoms in total. The van der Waals surface area contributed by atoms with Gasteiger partial charge in [0.15, 0.2) is 0 Å². The van der Waals surface area contributed by atoms with Crippen LogP contribution in [0.3, 0.4) is 0 Å². The van der Waals surface area contributed by atoms with Crippen LogP contribution in [0.5, 0.6) is 5.75 Å². The van der Waals surface area contributed by atoms with Gasteiger partial charge in [0.2, 0.25) is 0 Å². The molecule has 108 valence electrons. The van der Waals surface area contributed by atoms with Gasteiger partial charge in [0, 0.05) is 16.1 Å². The quantitative estimate of drug-likeness (QED) is 0.902. The summed E-state index contributed by atoms with van der Waals surface area (Å²) in [6.07, 6.45) is 0. The molecule has 0 radical (unpaired) electrons. The fourth-order valence-corrected chi connectivity index (χ4v) is 2.47. The molecule has 2 rings (SSSR count). The highest BCUT2D eigenvalue weighted by molar-refractivity contribution is 9.10. The van der Waals surface area contributed by atoms with Crippen LogP contribution in [0.15, 0.2) is 40.9 Å². The average molecular weight is 345 g/mol. The lowest BCUT2D eigenvalue weighted by Gasteiger charge is -2.15. The van der Waals surface area contributed by atoms with Gasteiger partial charge in [0.05, 0.1) is 11.6 Å². The Kier molecular flexibility index (Phi) is 5.00. The predicted molar refractivity (Wildman–Crippen MR) is 87.0 cm³/mol. The van der Waals surface area contributed by atoms with Crippen molar-refractivity contribution in [1.82, 2.24) is 0 Å². The third-order valence-electron chi connectivity index (χ3n) is 3.32. The molecule has 0 saturated carbocycles. The number of hydrogen-bond donors (Lipinski definition) is 1. The first kappa shape index (κ1) is 15.6. The summed E-state index contributed by atoms with van der Waals surface area (Å²) in [5, 5.41) is 8.88. The van der Waals surface area contributed by atoms with Crippen molar-refractivity contribution in [1.29, 1.82) is 5.26 Å². The van der Waals surface area contributed by atoms with E-state index in [9.17, 15) is 0 Å². The molecule has 4 heteroatoms. The zero-order chi connectivity index (χ0) is 15.4. The van der Waals surface area contributed by atoms with Crippen molar-refractivity contribution in [2.45, 2.75) is 26.5 Å². The molecule has 0 bridgehead atoms. The maximum Gasteiger partial charge on any atom is 0.124 e. The van der Waals surface area contributed by atoms with Gasteiger partial charge in [0.1, 0.15) is 12.4 Å². The molecule has 0 fully saturated rings. The van der Waals surface area contributed by atoms with E-state index in [1.54, 1.807) is 6.07 Å². The Morgan fingerprint density at radius 1 is 1.29 bits per heavy atom. The maximum atomic E-state index is 8.88. The SMILES string of the molecule is Cc1cc(C#N)ccc1COc1ccc(Br)cc1[C@H](C)N. The number of nitriles is 1. The summed E-state index contributed by atoms with van der Waals surface area (Å²) in [6.45, 7) is 4.37. The molecule has 0 aromatic heterocycles. The van der Waals surface area contributed by atoms with Gasteiger partial charge in [0.25, 0.3) is 0 Å². The van der Waals surface area contributed by atoms with Crippen molar-refractivity contribution in [2.75, 3.05) is 0 Å².